The second-order valence-corrected chi connectivity index (χ2v) is 4.33. The topological polar surface area (TPSA) is 30.5 Å². The second kappa shape index (κ2) is 6.34. The number of nitrogens with one attached hydrogen (secondary N) is 1. The van der Waals surface area contributed by atoms with Crippen molar-refractivity contribution in [2.24, 2.45) is 0 Å². The lowest BCUT2D eigenvalue weighted by Gasteiger charge is -2.18. The summed E-state index contributed by atoms with van der Waals surface area (Å²) >= 11 is 12.5. The van der Waals surface area contributed by atoms with Crippen LogP contribution in [0.25, 0.3) is 0 Å². The third kappa shape index (κ3) is 2.79. The van der Waals surface area contributed by atoms with E-state index in [4.69, 9.17) is 32.7 Å². The van der Waals surface area contributed by atoms with Crippen LogP contribution in [0.2, 0.25) is 10.0 Å². The van der Waals surface area contributed by atoms with Crippen molar-refractivity contribution in [3.63, 3.8) is 0 Å². The molecule has 0 fully saturated rings. The van der Waals surface area contributed by atoms with Crippen molar-refractivity contribution >= 4 is 23.2 Å². The molecule has 0 amide bonds. The minimum Gasteiger partial charge on any atom is -0.491 e. The van der Waals surface area contributed by atoms with Gasteiger partial charge in [0.15, 0.2) is 11.5 Å². The molecule has 3 nitrogen and oxygen atoms in total. The summed E-state index contributed by atoms with van der Waals surface area (Å²) in [6.45, 7) is 5.47. The van der Waals surface area contributed by atoms with Crippen molar-refractivity contribution < 1.29 is 9.47 Å². The Kier molecular flexibility index (Phi) is 5.37. The van der Waals surface area contributed by atoms with Gasteiger partial charge in [0.2, 0.25) is 0 Å². The molecule has 1 aromatic carbocycles. The molecule has 5 heteroatoms. The fourth-order valence-electron chi connectivity index (χ4n) is 1.63. The van der Waals surface area contributed by atoms with Crippen LogP contribution in [0.5, 0.6) is 11.5 Å². The largest absolute Gasteiger partial charge is 0.491 e. The van der Waals surface area contributed by atoms with Gasteiger partial charge in [0.05, 0.1) is 24.3 Å². The maximum absolute atomic E-state index is 6.30. The minimum absolute atomic E-state index is 0.483. The zero-order valence-corrected chi connectivity index (χ0v) is 12.0. The Bertz CT molecular complexity index is 408. The summed E-state index contributed by atoms with van der Waals surface area (Å²) in [4.78, 5) is 0. The van der Waals surface area contributed by atoms with Gasteiger partial charge in [-0.2, -0.15) is 0 Å². The van der Waals surface area contributed by atoms with E-state index in [2.05, 4.69) is 5.32 Å². The van der Waals surface area contributed by atoms with Crippen LogP contribution < -0.4 is 14.8 Å². The summed E-state index contributed by atoms with van der Waals surface area (Å²) in [5.41, 5.74) is 1.85. The smallest absolute Gasteiger partial charge is 0.181 e. The van der Waals surface area contributed by atoms with Gasteiger partial charge in [0.25, 0.3) is 0 Å². The highest BCUT2D eigenvalue weighted by Crippen LogP contribution is 2.45. The summed E-state index contributed by atoms with van der Waals surface area (Å²) < 4.78 is 10.5. The molecule has 0 radical (unpaired) electrons. The van der Waals surface area contributed by atoms with E-state index < -0.39 is 0 Å². The van der Waals surface area contributed by atoms with Crippen LogP contribution in [-0.4, -0.2) is 20.8 Å². The van der Waals surface area contributed by atoms with Crippen LogP contribution in [0.15, 0.2) is 0 Å². The number of rotatable bonds is 5. The number of ether oxygens (including phenoxy) is 2. The van der Waals surface area contributed by atoms with Crippen molar-refractivity contribution in [1.82, 2.24) is 5.32 Å². The van der Waals surface area contributed by atoms with Gasteiger partial charge in [-0.05, 0) is 24.6 Å². The number of hydrogen-bond donors (Lipinski definition) is 1. The molecule has 0 spiro atoms. The first kappa shape index (κ1) is 14.4. The Morgan fingerprint density at radius 2 is 1.59 bits per heavy atom. The SMILES string of the molecule is CCNCc1c(C)c(Cl)c(OC)c(OC)c1Cl. The predicted octanol–water partition coefficient (Wildman–Crippen LogP) is 3.43. The first-order valence-corrected chi connectivity index (χ1v) is 6.13. The van der Waals surface area contributed by atoms with Gasteiger partial charge in [0.1, 0.15) is 0 Å². The van der Waals surface area contributed by atoms with Crippen LogP contribution in [0.1, 0.15) is 18.1 Å². The van der Waals surface area contributed by atoms with E-state index in [9.17, 15) is 0 Å². The van der Waals surface area contributed by atoms with Gasteiger partial charge >= 0.3 is 0 Å². The summed E-state index contributed by atoms with van der Waals surface area (Å²) in [5, 5.41) is 4.31. The molecule has 0 unspecified atom stereocenters. The van der Waals surface area contributed by atoms with Crippen molar-refractivity contribution in [2.45, 2.75) is 20.4 Å². The van der Waals surface area contributed by atoms with E-state index in [0.29, 0.717) is 28.1 Å². The Morgan fingerprint density at radius 3 is 2.06 bits per heavy atom. The standard InChI is InChI=1S/C12H17Cl2NO2/c1-5-15-6-8-7(2)9(13)11(16-3)12(17-4)10(8)14/h15H,5-6H2,1-4H3. The molecular weight excluding hydrogens is 261 g/mol. The van der Waals surface area contributed by atoms with Gasteiger partial charge in [-0.3, -0.25) is 0 Å². The van der Waals surface area contributed by atoms with Gasteiger partial charge in [-0.25, -0.2) is 0 Å². The minimum atomic E-state index is 0.483. The molecule has 1 rings (SSSR count). The number of benzene rings is 1. The molecule has 0 bridgehead atoms. The van der Waals surface area contributed by atoms with Crippen molar-refractivity contribution in [1.29, 1.82) is 0 Å². The summed E-state index contributed by atoms with van der Waals surface area (Å²) in [5.74, 6) is 0.967. The molecule has 0 aliphatic carbocycles. The lowest BCUT2D eigenvalue weighted by atomic mass is 10.1. The Labute approximate surface area is 112 Å². The monoisotopic (exact) mass is 277 g/mol. The molecule has 0 atom stereocenters. The maximum atomic E-state index is 6.30. The lowest BCUT2D eigenvalue weighted by Crippen LogP contribution is -2.14. The molecule has 0 saturated carbocycles. The first-order chi connectivity index (χ1) is 8.08. The first-order valence-electron chi connectivity index (χ1n) is 5.37. The Hall–Kier alpha value is -0.640. The molecule has 0 saturated heterocycles. The molecular formula is C12H17Cl2NO2. The average molecular weight is 278 g/mol. The third-order valence-corrected chi connectivity index (χ3v) is 3.47. The van der Waals surface area contributed by atoms with Crippen LogP contribution >= 0.6 is 23.2 Å². The molecule has 1 N–H and O–H groups in total. The molecule has 1 aromatic rings. The van der Waals surface area contributed by atoms with E-state index in [1.54, 1.807) is 14.2 Å². The lowest BCUT2D eigenvalue weighted by molar-refractivity contribution is 0.354. The van der Waals surface area contributed by atoms with Crippen LogP contribution in [0.4, 0.5) is 0 Å². The maximum Gasteiger partial charge on any atom is 0.181 e. The summed E-state index contributed by atoms with van der Waals surface area (Å²) in [6.07, 6.45) is 0. The summed E-state index contributed by atoms with van der Waals surface area (Å²) in [6, 6.07) is 0. The highest BCUT2D eigenvalue weighted by Gasteiger charge is 2.20. The van der Waals surface area contributed by atoms with Crippen LogP contribution in [0.3, 0.4) is 0 Å². The molecule has 0 aromatic heterocycles. The highest BCUT2D eigenvalue weighted by molar-refractivity contribution is 6.36. The zero-order chi connectivity index (χ0) is 13.0. The number of methoxy groups -OCH3 is 2. The van der Waals surface area contributed by atoms with Crippen LogP contribution in [-0.2, 0) is 6.54 Å². The van der Waals surface area contributed by atoms with Crippen molar-refractivity contribution in [3.8, 4) is 11.5 Å². The third-order valence-electron chi connectivity index (χ3n) is 2.61. The molecule has 0 heterocycles. The van der Waals surface area contributed by atoms with Gasteiger partial charge < -0.3 is 14.8 Å². The molecule has 0 aliphatic heterocycles. The quantitative estimate of drug-likeness (QED) is 0.895. The summed E-state index contributed by atoms with van der Waals surface area (Å²) in [7, 11) is 3.09. The number of hydrogen-bond acceptors (Lipinski definition) is 3. The Morgan fingerprint density at radius 1 is 1.06 bits per heavy atom. The molecule has 0 aliphatic rings. The van der Waals surface area contributed by atoms with Crippen molar-refractivity contribution in [3.05, 3.63) is 21.2 Å². The van der Waals surface area contributed by atoms with Gasteiger partial charge in [-0.15, -0.1) is 0 Å². The predicted molar refractivity (Wildman–Crippen MR) is 71.7 cm³/mol. The molecule has 17 heavy (non-hydrogen) atoms. The van der Waals surface area contributed by atoms with Crippen molar-refractivity contribution in [2.75, 3.05) is 20.8 Å². The normalized spacial score (nSPS) is 10.5. The van der Waals surface area contributed by atoms with E-state index in [1.165, 1.54) is 0 Å². The van der Waals surface area contributed by atoms with E-state index in [0.717, 1.165) is 17.7 Å². The second-order valence-electron chi connectivity index (χ2n) is 3.58. The number of halogens is 2. The van der Waals surface area contributed by atoms with Crippen LogP contribution in [0, 0.1) is 6.92 Å². The average Bonchev–Trinajstić information content (AvgIpc) is 2.33. The fraction of sp³-hybridized carbons (Fsp3) is 0.500. The zero-order valence-electron chi connectivity index (χ0n) is 10.5. The van der Waals surface area contributed by atoms with Gasteiger partial charge in [0, 0.05) is 6.54 Å². The van der Waals surface area contributed by atoms with E-state index >= 15 is 0 Å². The van der Waals surface area contributed by atoms with E-state index in [-0.39, 0.29) is 0 Å². The van der Waals surface area contributed by atoms with E-state index in [1.807, 2.05) is 13.8 Å². The molecule has 96 valence electrons. The van der Waals surface area contributed by atoms with Gasteiger partial charge in [-0.1, -0.05) is 30.1 Å². The Balaban J connectivity index is 3.36. The fourth-order valence-corrected chi connectivity index (χ4v) is 2.28. The highest BCUT2D eigenvalue weighted by atomic mass is 35.5.